The highest BCUT2D eigenvalue weighted by Gasteiger charge is 2.66. The quantitative estimate of drug-likeness (QED) is 0.476. The van der Waals surface area contributed by atoms with Gasteiger partial charge in [0.15, 0.2) is 11.5 Å². The summed E-state index contributed by atoms with van der Waals surface area (Å²) >= 11 is 0. The number of nitrogens with zero attached hydrogens (tertiary/aromatic N) is 5. The van der Waals surface area contributed by atoms with E-state index in [2.05, 4.69) is 19.9 Å². The summed E-state index contributed by atoms with van der Waals surface area (Å²) < 4.78 is 43.1. The molecular formula is C26H23F3N6. The molecule has 1 saturated carbocycles. The second-order valence-electron chi connectivity index (χ2n) is 9.34. The molecule has 0 unspecified atom stereocenters. The van der Waals surface area contributed by atoms with Crippen molar-refractivity contribution in [2.75, 3.05) is 24.5 Å². The van der Waals surface area contributed by atoms with E-state index in [1.54, 1.807) is 37.5 Å². The minimum absolute atomic E-state index is 0.105. The van der Waals surface area contributed by atoms with Gasteiger partial charge < -0.3 is 10.6 Å². The fourth-order valence-electron chi connectivity index (χ4n) is 5.79. The fraction of sp³-hybridized carbons (Fsp3) is 0.308. The molecule has 9 heteroatoms. The first-order valence-corrected chi connectivity index (χ1v) is 11.6. The van der Waals surface area contributed by atoms with Crippen LogP contribution in [-0.2, 0) is 5.41 Å². The highest BCUT2D eigenvalue weighted by Crippen LogP contribution is 2.63. The van der Waals surface area contributed by atoms with Crippen LogP contribution in [0.1, 0.15) is 17.7 Å². The smallest absolute Gasteiger partial charge is 0.178 e. The third-order valence-corrected chi connectivity index (χ3v) is 7.65. The molecule has 0 radical (unpaired) electrons. The van der Waals surface area contributed by atoms with Crippen LogP contribution >= 0.6 is 0 Å². The maximum absolute atomic E-state index is 14.6. The summed E-state index contributed by atoms with van der Waals surface area (Å²) in [5.74, 6) is -0.275. The van der Waals surface area contributed by atoms with Crippen LogP contribution in [0.4, 0.5) is 19.0 Å². The number of hydrogen-bond acceptors (Lipinski definition) is 6. The Hall–Kier alpha value is -3.59. The van der Waals surface area contributed by atoms with Gasteiger partial charge in [-0.1, -0.05) is 0 Å². The van der Waals surface area contributed by atoms with E-state index in [0.29, 0.717) is 52.6 Å². The maximum atomic E-state index is 14.6. The molecule has 4 heterocycles. The van der Waals surface area contributed by atoms with Gasteiger partial charge in [0, 0.05) is 36.8 Å². The Morgan fingerprint density at radius 3 is 2.74 bits per heavy atom. The first-order chi connectivity index (χ1) is 16.9. The van der Waals surface area contributed by atoms with Gasteiger partial charge in [0.05, 0.1) is 17.6 Å². The molecule has 178 valence electrons. The number of aromatic nitrogens is 4. The average Bonchev–Trinajstić information content (AvgIpc) is 3.54. The van der Waals surface area contributed by atoms with Gasteiger partial charge in [-0.2, -0.15) is 0 Å². The third kappa shape index (κ3) is 3.36. The van der Waals surface area contributed by atoms with Gasteiger partial charge in [-0.25, -0.2) is 28.1 Å². The van der Waals surface area contributed by atoms with Crippen molar-refractivity contribution in [3.63, 3.8) is 0 Å². The number of piperidine rings is 1. The van der Waals surface area contributed by atoms with Crippen molar-refractivity contribution in [3.05, 3.63) is 77.5 Å². The van der Waals surface area contributed by atoms with E-state index in [0.717, 1.165) is 12.5 Å². The Labute approximate surface area is 200 Å². The molecule has 2 fully saturated rings. The number of pyridine rings is 2. The van der Waals surface area contributed by atoms with E-state index in [-0.39, 0.29) is 18.4 Å². The summed E-state index contributed by atoms with van der Waals surface area (Å²) in [6, 6.07) is 8.69. The van der Waals surface area contributed by atoms with E-state index in [1.807, 2.05) is 0 Å². The van der Waals surface area contributed by atoms with Crippen LogP contribution in [0.3, 0.4) is 0 Å². The van der Waals surface area contributed by atoms with Crippen molar-refractivity contribution in [3.8, 4) is 11.3 Å². The molecule has 3 atom stereocenters. The summed E-state index contributed by atoms with van der Waals surface area (Å²) in [6.07, 6.45) is 4.01. The van der Waals surface area contributed by atoms with Crippen LogP contribution in [0, 0.1) is 36.2 Å². The molecule has 1 aliphatic carbocycles. The van der Waals surface area contributed by atoms with Crippen molar-refractivity contribution < 1.29 is 13.2 Å². The zero-order chi connectivity index (χ0) is 24.3. The van der Waals surface area contributed by atoms with Crippen molar-refractivity contribution in [2.45, 2.75) is 18.8 Å². The third-order valence-electron chi connectivity index (χ3n) is 7.65. The highest BCUT2D eigenvalue weighted by atomic mass is 19.1. The van der Waals surface area contributed by atoms with E-state index < -0.39 is 22.9 Å². The minimum Gasteiger partial charge on any atom is -0.355 e. The van der Waals surface area contributed by atoms with Gasteiger partial charge in [-0.15, -0.1) is 0 Å². The maximum Gasteiger partial charge on any atom is 0.178 e. The van der Waals surface area contributed by atoms with Crippen LogP contribution in [-0.4, -0.2) is 39.6 Å². The highest BCUT2D eigenvalue weighted by molar-refractivity contribution is 5.76. The Kier molecular flexibility index (Phi) is 5.00. The number of nitrogens with two attached hydrogens (primary N) is 1. The second-order valence-corrected chi connectivity index (χ2v) is 9.34. The SMILES string of the molecule is Cc1nccc(-c2ccc3nc(N4CC[C@@H]5[C@H](C4)[C@@]5(CN)c4cc(F)ccc4F)cnc3n2)c1F. The molecule has 1 aromatic carbocycles. The number of benzene rings is 1. The molecule has 6 nitrogen and oxygen atoms in total. The van der Waals surface area contributed by atoms with Gasteiger partial charge in [-0.05, 0) is 67.1 Å². The lowest BCUT2D eigenvalue weighted by Crippen LogP contribution is -2.32. The summed E-state index contributed by atoms with van der Waals surface area (Å²) in [5.41, 5.74) is 8.10. The van der Waals surface area contributed by atoms with Gasteiger partial charge >= 0.3 is 0 Å². The number of anilines is 1. The van der Waals surface area contributed by atoms with Gasteiger partial charge in [0.25, 0.3) is 0 Å². The number of rotatable bonds is 4. The average molecular weight is 477 g/mol. The summed E-state index contributed by atoms with van der Waals surface area (Å²) in [5, 5.41) is 0. The van der Waals surface area contributed by atoms with Crippen LogP contribution < -0.4 is 10.6 Å². The molecule has 4 aromatic rings. The van der Waals surface area contributed by atoms with Crippen LogP contribution in [0.15, 0.2) is 48.8 Å². The normalized spacial score (nSPS) is 23.4. The molecule has 0 amide bonds. The molecule has 0 spiro atoms. The molecule has 0 bridgehead atoms. The Morgan fingerprint density at radius 1 is 1.06 bits per heavy atom. The molecule has 2 N–H and O–H groups in total. The van der Waals surface area contributed by atoms with Crippen molar-refractivity contribution >= 4 is 17.0 Å². The molecule has 6 rings (SSSR count). The lowest BCUT2D eigenvalue weighted by atomic mass is 9.90. The monoisotopic (exact) mass is 476 g/mol. The summed E-state index contributed by atoms with van der Waals surface area (Å²) in [4.78, 5) is 19.8. The van der Waals surface area contributed by atoms with Crippen LogP contribution in [0.5, 0.6) is 0 Å². The second kappa shape index (κ2) is 7.98. The van der Waals surface area contributed by atoms with Gasteiger partial charge in [0.1, 0.15) is 23.0 Å². The Bertz CT molecular complexity index is 1460. The number of halogens is 3. The largest absolute Gasteiger partial charge is 0.355 e. The van der Waals surface area contributed by atoms with Gasteiger partial charge in [-0.3, -0.25) is 4.98 Å². The zero-order valence-corrected chi connectivity index (χ0v) is 19.0. The zero-order valence-electron chi connectivity index (χ0n) is 19.0. The predicted molar refractivity (Wildman–Crippen MR) is 126 cm³/mol. The lowest BCUT2D eigenvalue weighted by molar-refractivity contribution is 0.523. The first kappa shape index (κ1) is 21.9. The van der Waals surface area contributed by atoms with E-state index in [4.69, 9.17) is 10.7 Å². The molecule has 1 saturated heterocycles. The minimum atomic E-state index is -0.561. The van der Waals surface area contributed by atoms with Crippen LogP contribution in [0.25, 0.3) is 22.4 Å². The Morgan fingerprint density at radius 2 is 1.91 bits per heavy atom. The number of hydrogen-bond donors (Lipinski definition) is 1. The summed E-state index contributed by atoms with van der Waals surface area (Å²) in [7, 11) is 0. The molecule has 1 aliphatic heterocycles. The van der Waals surface area contributed by atoms with Gasteiger partial charge in [0.2, 0.25) is 0 Å². The molecular weight excluding hydrogens is 453 g/mol. The van der Waals surface area contributed by atoms with E-state index in [1.165, 1.54) is 12.1 Å². The molecule has 2 aliphatic rings. The number of fused-ring (bicyclic) bond motifs is 2. The summed E-state index contributed by atoms with van der Waals surface area (Å²) in [6.45, 7) is 3.22. The topological polar surface area (TPSA) is 80.8 Å². The van der Waals surface area contributed by atoms with Crippen LogP contribution in [0.2, 0.25) is 0 Å². The van der Waals surface area contributed by atoms with Crippen molar-refractivity contribution in [1.82, 2.24) is 19.9 Å². The van der Waals surface area contributed by atoms with E-state index in [9.17, 15) is 13.2 Å². The molecule has 35 heavy (non-hydrogen) atoms. The van der Waals surface area contributed by atoms with Crippen molar-refractivity contribution in [2.24, 2.45) is 17.6 Å². The lowest BCUT2D eigenvalue weighted by Gasteiger charge is -2.27. The first-order valence-electron chi connectivity index (χ1n) is 11.6. The number of aryl methyl sites for hydroxylation is 1. The fourth-order valence-corrected chi connectivity index (χ4v) is 5.79. The standard InChI is InChI=1S/C26H23F3N6/c1-14-24(29)16(6-8-31-14)21-4-5-22-25(34-21)32-11-23(33-22)35-9-7-17-19(12-35)26(17,13-30)18-10-15(27)2-3-20(18)28/h2-6,8,10-11,17,19H,7,9,12-13,30H2,1H3/t17-,19+,26-/m1/s1. The predicted octanol–water partition coefficient (Wildman–Crippen LogP) is 4.17. The Balaban J connectivity index is 1.28. The van der Waals surface area contributed by atoms with Crippen molar-refractivity contribution in [1.29, 1.82) is 0 Å². The van der Waals surface area contributed by atoms with E-state index >= 15 is 0 Å². The molecule has 3 aromatic heterocycles.